The van der Waals surface area contributed by atoms with Crippen LogP contribution in [0.3, 0.4) is 0 Å². The van der Waals surface area contributed by atoms with E-state index in [1.54, 1.807) is 25.1 Å². The van der Waals surface area contributed by atoms with Crippen LogP contribution in [0.2, 0.25) is 0 Å². The molecule has 0 amide bonds. The minimum absolute atomic E-state index is 0.0872. The summed E-state index contributed by atoms with van der Waals surface area (Å²) >= 11 is 0. The van der Waals surface area contributed by atoms with E-state index in [0.717, 1.165) is 0 Å². The first kappa shape index (κ1) is 21.4. The van der Waals surface area contributed by atoms with Gasteiger partial charge in [-0.3, -0.25) is 4.98 Å². The maximum atomic E-state index is 13.4. The average Bonchev–Trinajstić information content (AvgIpc) is 2.70. The predicted octanol–water partition coefficient (Wildman–Crippen LogP) is 4.90. The molecule has 1 aromatic heterocycles. The van der Waals surface area contributed by atoms with Crippen LogP contribution in [0.1, 0.15) is 29.3 Å². The summed E-state index contributed by atoms with van der Waals surface area (Å²) in [7, 11) is 0. The van der Waals surface area contributed by atoms with E-state index in [9.17, 15) is 18.0 Å². The topological polar surface area (TPSA) is 68.7 Å². The first-order chi connectivity index (χ1) is 14.3. The molecule has 158 valence electrons. The van der Waals surface area contributed by atoms with Gasteiger partial charge in [0.2, 0.25) is 0 Å². The van der Waals surface area contributed by atoms with Crippen LogP contribution in [-0.4, -0.2) is 29.3 Å². The molecular weight excluding hydrogens is 399 g/mol. The smallest absolute Gasteiger partial charge is 0.387 e. The van der Waals surface area contributed by atoms with Crippen LogP contribution in [0.4, 0.5) is 13.2 Å². The number of hydrogen-bond acceptors (Lipinski definition) is 4. The Kier molecular flexibility index (Phi) is 6.44. The molecular formula is C22H20F3NO4. The number of ether oxygens (including phenoxy) is 2. The van der Waals surface area contributed by atoms with E-state index in [2.05, 4.69) is 4.98 Å². The Labute approximate surface area is 171 Å². The molecule has 0 aliphatic heterocycles. The Bertz CT molecular complexity index is 1070. The Hall–Kier alpha value is -3.29. The van der Waals surface area contributed by atoms with Gasteiger partial charge >= 0.3 is 12.6 Å². The van der Waals surface area contributed by atoms with Crippen molar-refractivity contribution in [3.05, 3.63) is 64.6 Å². The van der Waals surface area contributed by atoms with Gasteiger partial charge in [0, 0.05) is 17.7 Å². The van der Waals surface area contributed by atoms with E-state index in [4.69, 9.17) is 14.6 Å². The molecule has 0 radical (unpaired) electrons. The maximum absolute atomic E-state index is 13.4. The number of alkyl halides is 2. The normalized spacial score (nSPS) is 11.1. The van der Waals surface area contributed by atoms with E-state index in [1.807, 2.05) is 6.92 Å². The lowest BCUT2D eigenvalue weighted by atomic mass is 9.97. The molecule has 0 bridgehead atoms. The van der Waals surface area contributed by atoms with Gasteiger partial charge < -0.3 is 14.6 Å². The second-order valence-corrected chi connectivity index (χ2v) is 6.69. The number of carboxylic acids is 1. The van der Waals surface area contributed by atoms with Gasteiger partial charge in [0.25, 0.3) is 0 Å². The molecule has 0 unspecified atom stereocenters. The Morgan fingerprint density at radius 3 is 2.47 bits per heavy atom. The molecule has 0 saturated carbocycles. The van der Waals surface area contributed by atoms with Crippen molar-refractivity contribution in [1.29, 1.82) is 0 Å². The molecule has 0 aliphatic rings. The molecule has 1 heterocycles. The maximum Gasteiger partial charge on any atom is 0.387 e. The van der Waals surface area contributed by atoms with E-state index < -0.39 is 25.0 Å². The highest BCUT2D eigenvalue weighted by atomic mass is 19.3. The summed E-state index contributed by atoms with van der Waals surface area (Å²) in [5.74, 6) is -1.63. The Morgan fingerprint density at radius 2 is 1.87 bits per heavy atom. The molecule has 0 fully saturated rings. The highest BCUT2D eigenvalue weighted by Gasteiger charge is 2.23. The summed E-state index contributed by atoms with van der Waals surface area (Å²) in [4.78, 5) is 15.6. The van der Waals surface area contributed by atoms with Crippen molar-refractivity contribution in [3.8, 4) is 11.5 Å². The van der Waals surface area contributed by atoms with Crippen molar-refractivity contribution in [2.24, 2.45) is 0 Å². The van der Waals surface area contributed by atoms with E-state index in [-0.39, 0.29) is 23.3 Å². The minimum Gasteiger partial charge on any atom is -0.481 e. The van der Waals surface area contributed by atoms with Crippen molar-refractivity contribution < 1.29 is 32.5 Å². The molecule has 30 heavy (non-hydrogen) atoms. The fourth-order valence-corrected chi connectivity index (χ4v) is 3.28. The first-order valence-corrected chi connectivity index (χ1v) is 9.29. The lowest BCUT2D eigenvalue weighted by Crippen LogP contribution is -2.12. The van der Waals surface area contributed by atoms with Crippen LogP contribution in [0.25, 0.3) is 10.9 Å². The van der Waals surface area contributed by atoms with Gasteiger partial charge in [-0.2, -0.15) is 8.78 Å². The van der Waals surface area contributed by atoms with Crippen molar-refractivity contribution in [3.63, 3.8) is 0 Å². The molecule has 0 aliphatic carbocycles. The van der Waals surface area contributed by atoms with E-state index >= 15 is 0 Å². The second-order valence-electron chi connectivity index (χ2n) is 6.69. The highest BCUT2D eigenvalue weighted by molar-refractivity contribution is 5.95. The molecule has 1 N–H and O–H groups in total. The number of carbonyl (C=O) groups is 1. The van der Waals surface area contributed by atoms with Crippen LogP contribution in [-0.2, 0) is 17.6 Å². The van der Waals surface area contributed by atoms with Crippen LogP contribution in [0.15, 0.2) is 36.4 Å². The molecule has 0 atom stereocenters. The zero-order chi connectivity index (χ0) is 21.8. The van der Waals surface area contributed by atoms with E-state index in [1.165, 1.54) is 18.2 Å². The average molecular weight is 419 g/mol. The fraction of sp³-hybridized carbons (Fsp3) is 0.273. The van der Waals surface area contributed by atoms with Crippen LogP contribution in [0, 0.1) is 12.7 Å². The first-order valence-electron chi connectivity index (χ1n) is 9.29. The number of hydrogen-bond donors (Lipinski definition) is 1. The van der Waals surface area contributed by atoms with Gasteiger partial charge in [-0.25, -0.2) is 9.18 Å². The number of pyridine rings is 1. The molecule has 0 saturated heterocycles. The number of aryl methyl sites for hydroxylation is 2. The molecule has 5 nitrogen and oxygen atoms in total. The number of carboxylic acid groups (broad SMARTS) is 1. The summed E-state index contributed by atoms with van der Waals surface area (Å²) in [5.41, 5.74) is 2.76. The number of aromatic nitrogens is 1. The third kappa shape index (κ3) is 4.64. The number of benzene rings is 2. The predicted molar refractivity (Wildman–Crippen MR) is 105 cm³/mol. The summed E-state index contributed by atoms with van der Waals surface area (Å²) in [5, 5.41) is 9.13. The fourth-order valence-electron chi connectivity index (χ4n) is 3.28. The zero-order valence-corrected chi connectivity index (χ0v) is 16.4. The lowest BCUT2D eigenvalue weighted by Gasteiger charge is -2.20. The largest absolute Gasteiger partial charge is 0.481 e. The van der Waals surface area contributed by atoms with Gasteiger partial charge in [-0.1, -0.05) is 25.1 Å². The number of nitrogens with zero attached hydrogens (tertiary/aromatic N) is 1. The van der Waals surface area contributed by atoms with Gasteiger partial charge in [-0.05, 0) is 42.7 Å². The quantitative estimate of drug-likeness (QED) is 0.563. The molecule has 3 aromatic rings. The number of aliphatic carboxylic acids is 1. The molecule has 8 heteroatoms. The molecule has 3 rings (SSSR count). The minimum atomic E-state index is -3.11. The number of halogens is 3. The zero-order valence-electron chi connectivity index (χ0n) is 16.4. The van der Waals surface area contributed by atoms with Crippen LogP contribution < -0.4 is 9.47 Å². The van der Waals surface area contributed by atoms with Gasteiger partial charge in [0.15, 0.2) is 6.61 Å². The molecule has 2 aromatic carbocycles. The van der Waals surface area contributed by atoms with Crippen molar-refractivity contribution >= 4 is 16.9 Å². The number of fused-ring (bicyclic) bond motifs is 1. The Balaban J connectivity index is 2.27. The summed E-state index contributed by atoms with van der Waals surface area (Å²) < 4.78 is 50.3. The highest BCUT2D eigenvalue weighted by Crippen LogP contribution is 2.40. The van der Waals surface area contributed by atoms with E-state index in [0.29, 0.717) is 34.3 Å². The summed E-state index contributed by atoms with van der Waals surface area (Å²) in [6.45, 7) is -0.147. The van der Waals surface area contributed by atoms with Gasteiger partial charge in [0.05, 0.1) is 10.9 Å². The van der Waals surface area contributed by atoms with Crippen molar-refractivity contribution in [1.82, 2.24) is 4.98 Å². The monoisotopic (exact) mass is 419 g/mol. The number of rotatable bonds is 8. The standard InChI is InChI=1S/C22H20F3NO4/c1-3-16-15(10-13-5-7-14(23)8-6-13)21(30-22(24)25)19-17(29-11-18(27)28)9-4-12(2)20(19)26-16/h4-9,22H,3,10-11H2,1-2H3,(H,27,28). The third-order valence-electron chi connectivity index (χ3n) is 4.62. The van der Waals surface area contributed by atoms with Crippen LogP contribution in [0.5, 0.6) is 11.5 Å². The summed E-state index contributed by atoms with van der Waals surface area (Å²) in [6.07, 6.45) is 0.631. The lowest BCUT2D eigenvalue weighted by molar-refractivity contribution is -0.139. The van der Waals surface area contributed by atoms with Crippen LogP contribution >= 0.6 is 0 Å². The van der Waals surface area contributed by atoms with Gasteiger partial charge in [-0.15, -0.1) is 0 Å². The SMILES string of the molecule is CCc1nc2c(C)ccc(OCC(=O)O)c2c(OC(F)F)c1Cc1ccc(F)cc1. The third-order valence-corrected chi connectivity index (χ3v) is 4.62. The Morgan fingerprint density at radius 1 is 1.17 bits per heavy atom. The van der Waals surface area contributed by atoms with Crippen molar-refractivity contribution in [2.45, 2.75) is 33.3 Å². The molecule has 0 spiro atoms. The second kappa shape index (κ2) is 9.02. The summed E-state index contributed by atoms with van der Waals surface area (Å²) in [6, 6.07) is 8.88. The van der Waals surface area contributed by atoms with Gasteiger partial charge in [0.1, 0.15) is 17.3 Å². The van der Waals surface area contributed by atoms with Crippen molar-refractivity contribution in [2.75, 3.05) is 6.61 Å².